The summed E-state index contributed by atoms with van der Waals surface area (Å²) in [6.45, 7) is 0. The van der Waals surface area contributed by atoms with Gasteiger partial charge in [-0.3, -0.25) is 0 Å². The Balaban J connectivity index is 0.00000180. The van der Waals surface area contributed by atoms with E-state index >= 15 is 0 Å². The van der Waals surface area contributed by atoms with E-state index in [-0.39, 0.29) is 11.6 Å². The lowest BCUT2D eigenvalue weighted by Gasteiger charge is -2.29. The lowest BCUT2D eigenvalue weighted by atomic mass is 9.82. The SMILES string of the molecule is N.N#CC1(N=NC2(C#N)CCCCC2)CCCCC1.O. The highest BCUT2D eigenvalue weighted by molar-refractivity contribution is 5.12. The second-order valence-corrected chi connectivity index (χ2v) is 5.61. The van der Waals surface area contributed by atoms with Gasteiger partial charge >= 0.3 is 0 Å². The van der Waals surface area contributed by atoms with Crippen molar-refractivity contribution in [2.24, 2.45) is 10.2 Å². The van der Waals surface area contributed by atoms with Crippen LogP contribution in [0.2, 0.25) is 0 Å². The van der Waals surface area contributed by atoms with Crippen LogP contribution < -0.4 is 6.15 Å². The molecule has 0 aromatic carbocycles. The molecule has 0 spiro atoms. The normalized spacial score (nSPS) is 23.7. The van der Waals surface area contributed by atoms with E-state index in [0.29, 0.717) is 0 Å². The lowest BCUT2D eigenvalue weighted by Crippen LogP contribution is -2.31. The van der Waals surface area contributed by atoms with Gasteiger partial charge in [0.2, 0.25) is 0 Å². The van der Waals surface area contributed by atoms with Gasteiger partial charge in [-0.05, 0) is 51.4 Å². The van der Waals surface area contributed by atoms with Gasteiger partial charge in [0.25, 0.3) is 0 Å². The molecule has 0 aromatic rings. The predicted molar refractivity (Wildman–Crippen MR) is 76.3 cm³/mol. The Morgan fingerprint density at radius 3 is 1.20 bits per heavy atom. The van der Waals surface area contributed by atoms with Crippen LogP contribution in [0.1, 0.15) is 64.2 Å². The number of nitriles is 2. The Morgan fingerprint density at radius 1 is 0.650 bits per heavy atom. The fourth-order valence-corrected chi connectivity index (χ4v) is 2.93. The first-order valence-electron chi connectivity index (χ1n) is 7.01. The molecule has 2 rings (SSSR count). The van der Waals surface area contributed by atoms with Gasteiger partial charge in [0.15, 0.2) is 11.1 Å². The monoisotopic (exact) mass is 279 g/mol. The molecule has 2 saturated carbocycles. The minimum atomic E-state index is -0.639. The first-order chi connectivity index (χ1) is 8.74. The molecule has 0 heterocycles. The maximum absolute atomic E-state index is 9.34. The highest BCUT2D eigenvalue weighted by atomic mass is 16.0. The molecule has 0 unspecified atom stereocenters. The molecule has 20 heavy (non-hydrogen) atoms. The van der Waals surface area contributed by atoms with Gasteiger partial charge < -0.3 is 11.6 Å². The minimum absolute atomic E-state index is 0. The van der Waals surface area contributed by atoms with Gasteiger partial charge in [-0.1, -0.05) is 12.8 Å². The van der Waals surface area contributed by atoms with Crippen LogP contribution >= 0.6 is 0 Å². The lowest BCUT2D eigenvalue weighted by molar-refractivity contribution is 0.310. The van der Waals surface area contributed by atoms with Crippen molar-refractivity contribution < 1.29 is 5.48 Å². The summed E-state index contributed by atoms with van der Waals surface area (Å²) < 4.78 is 0. The molecular weight excluding hydrogens is 254 g/mol. The van der Waals surface area contributed by atoms with E-state index < -0.39 is 11.1 Å². The number of hydrogen-bond acceptors (Lipinski definition) is 5. The van der Waals surface area contributed by atoms with E-state index in [1.54, 1.807) is 0 Å². The Bertz CT molecular complexity index is 357. The molecule has 6 heteroatoms. The number of rotatable bonds is 2. The molecule has 0 aliphatic heterocycles. The average molecular weight is 279 g/mol. The second kappa shape index (κ2) is 7.94. The first-order valence-corrected chi connectivity index (χ1v) is 7.01. The third kappa shape index (κ3) is 4.00. The predicted octanol–water partition coefficient (Wildman–Crippen LogP) is 3.23. The van der Waals surface area contributed by atoms with Gasteiger partial charge in [-0.15, -0.1) is 0 Å². The van der Waals surface area contributed by atoms with Crippen LogP contribution in [0.15, 0.2) is 10.2 Å². The summed E-state index contributed by atoms with van der Waals surface area (Å²) >= 11 is 0. The Hall–Kier alpha value is -1.50. The van der Waals surface area contributed by atoms with Crippen molar-refractivity contribution in [1.29, 1.82) is 10.5 Å². The van der Waals surface area contributed by atoms with E-state index in [1.165, 1.54) is 12.8 Å². The molecule has 0 bridgehead atoms. The van der Waals surface area contributed by atoms with Crippen molar-refractivity contribution in [2.45, 2.75) is 75.3 Å². The average Bonchev–Trinajstić information content (AvgIpc) is 2.47. The summed E-state index contributed by atoms with van der Waals surface area (Å²) in [6.07, 6.45) is 9.76. The fraction of sp³-hybridized carbons (Fsp3) is 0.857. The van der Waals surface area contributed by atoms with E-state index in [2.05, 4.69) is 22.4 Å². The topological polar surface area (TPSA) is 139 Å². The first kappa shape index (κ1) is 18.5. The fourth-order valence-electron chi connectivity index (χ4n) is 2.93. The molecule has 2 fully saturated rings. The van der Waals surface area contributed by atoms with Crippen LogP contribution in [0.5, 0.6) is 0 Å². The molecule has 6 nitrogen and oxygen atoms in total. The van der Waals surface area contributed by atoms with Crippen LogP contribution in [0.3, 0.4) is 0 Å². The van der Waals surface area contributed by atoms with Crippen molar-refractivity contribution in [3.8, 4) is 12.1 Å². The molecule has 2 aliphatic carbocycles. The Kier molecular flexibility index (Phi) is 7.34. The van der Waals surface area contributed by atoms with Crippen molar-refractivity contribution in [3.63, 3.8) is 0 Å². The van der Waals surface area contributed by atoms with Gasteiger partial charge in [0.1, 0.15) is 0 Å². The Labute approximate surface area is 120 Å². The summed E-state index contributed by atoms with van der Waals surface area (Å²) in [6, 6.07) is 4.66. The minimum Gasteiger partial charge on any atom is -0.412 e. The van der Waals surface area contributed by atoms with Crippen LogP contribution in [-0.2, 0) is 0 Å². The van der Waals surface area contributed by atoms with Gasteiger partial charge in [0, 0.05) is 0 Å². The van der Waals surface area contributed by atoms with Crippen LogP contribution in [-0.4, -0.2) is 16.6 Å². The van der Waals surface area contributed by atoms with Crippen molar-refractivity contribution in [2.75, 3.05) is 0 Å². The maximum Gasteiger partial charge on any atom is 0.167 e. The van der Waals surface area contributed by atoms with Crippen molar-refractivity contribution in [3.05, 3.63) is 0 Å². The second-order valence-electron chi connectivity index (χ2n) is 5.61. The summed E-state index contributed by atoms with van der Waals surface area (Å²) in [5.41, 5.74) is -1.28. The molecule has 5 N–H and O–H groups in total. The molecule has 0 atom stereocenters. The van der Waals surface area contributed by atoms with Crippen LogP contribution in [0, 0.1) is 22.7 Å². The van der Waals surface area contributed by atoms with Crippen LogP contribution in [0.4, 0.5) is 0 Å². The summed E-state index contributed by atoms with van der Waals surface area (Å²) in [4.78, 5) is 0. The quantitative estimate of drug-likeness (QED) is 0.776. The molecule has 0 radical (unpaired) electrons. The highest BCUT2D eigenvalue weighted by Gasteiger charge is 2.36. The van der Waals surface area contributed by atoms with Gasteiger partial charge in [-0.25, -0.2) is 0 Å². The largest absolute Gasteiger partial charge is 0.412 e. The van der Waals surface area contributed by atoms with E-state index in [0.717, 1.165) is 51.4 Å². The molecule has 2 aliphatic rings. The number of nitrogens with zero attached hydrogens (tertiary/aromatic N) is 4. The third-order valence-electron chi connectivity index (χ3n) is 4.21. The molecule has 0 saturated heterocycles. The molecule has 0 aromatic heterocycles. The van der Waals surface area contributed by atoms with Crippen molar-refractivity contribution in [1.82, 2.24) is 6.15 Å². The zero-order valence-electron chi connectivity index (χ0n) is 12.1. The van der Waals surface area contributed by atoms with Crippen molar-refractivity contribution >= 4 is 0 Å². The molecular formula is C14H25N5O. The number of hydrogen-bond donors (Lipinski definition) is 1. The standard InChI is InChI=1S/C14H20N4.H3N.H2O/c15-11-13(7-3-1-4-8-13)17-18-14(12-16)9-5-2-6-10-14;;/h1-10H2;1H3;1H2. The smallest absolute Gasteiger partial charge is 0.167 e. The molecule has 0 amide bonds. The zero-order chi connectivity index (χ0) is 12.9. The van der Waals surface area contributed by atoms with Gasteiger partial charge in [0.05, 0.1) is 12.1 Å². The summed E-state index contributed by atoms with van der Waals surface area (Å²) in [5, 5.41) is 27.4. The van der Waals surface area contributed by atoms with E-state index in [4.69, 9.17) is 0 Å². The van der Waals surface area contributed by atoms with Crippen LogP contribution in [0.25, 0.3) is 0 Å². The summed E-state index contributed by atoms with van der Waals surface area (Å²) in [7, 11) is 0. The van der Waals surface area contributed by atoms with E-state index in [1.807, 2.05) is 0 Å². The number of azo groups is 1. The van der Waals surface area contributed by atoms with E-state index in [9.17, 15) is 10.5 Å². The third-order valence-corrected chi connectivity index (χ3v) is 4.21. The Morgan fingerprint density at radius 2 is 0.950 bits per heavy atom. The molecule has 112 valence electrons. The van der Waals surface area contributed by atoms with Gasteiger partial charge in [-0.2, -0.15) is 20.8 Å². The zero-order valence-corrected chi connectivity index (χ0v) is 12.1. The maximum atomic E-state index is 9.34. The highest BCUT2D eigenvalue weighted by Crippen LogP contribution is 2.36. The summed E-state index contributed by atoms with van der Waals surface area (Å²) in [5.74, 6) is 0.